The summed E-state index contributed by atoms with van der Waals surface area (Å²) in [5.41, 5.74) is 16.3. The van der Waals surface area contributed by atoms with Crippen LogP contribution in [0.5, 0.6) is 0 Å². The van der Waals surface area contributed by atoms with Gasteiger partial charge in [-0.1, -0.05) is 120 Å². The summed E-state index contributed by atoms with van der Waals surface area (Å²) < 4.78 is 6.17. The molecule has 2 fully saturated rings. The van der Waals surface area contributed by atoms with Crippen molar-refractivity contribution in [2.45, 2.75) is 123 Å². The van der Waals surface area contributed by atoms with Crippen LogP contribution < -0.4 is 21.7 Å². The predicted molar refractivity (Wildman–Crippen MR) is 272 cm³/mol. The van der Waals surface area contributed by atoms with Gasteiger partial charge in [-0.15, -0.1) is 0 Å². The van der Waals surface area contributed by atoms with Crippen molar-refractivity contribution in [3.05, 3.63) is 119 Å². The lowest BCUT2D eigenvalue weighted by Gasteiger charge is -2.35. The summed E-state index contributed by atoms with van der Waals surface area (Å²) in [6.07, 6.45) is 28.5. The fourth-order valence-corrected chi connectivity index (χ4v) is 9.71. The first-order valence-electron chi connectivity index (χ1n) is 24.6. The van der Waals surface area contributed by atoms with Crippen LogP contribution in [0.15, 0.2) is 107 Å². The molecule has 7 atom stereocenters. The third-order valence-corrected chi connectivity index (χ3v) is 14.1. The third-order valence-electron chi connectivity index (χ3n) is 14.1. The normalized spacial score (nSPS) is 29.2. The van der Waals surface area contributed by atoms with Gasteiger partial charge in [-0.25, -0.2) is 0 Å². The predicted octanol–water partition coefficient (Wildman–Crippen LogP) is 9.57. The molecule has 8 heteroatoms. The van der Waals surface area contributed by atoms with Crippen molar-refractivity contribution in [2.24, 2.45) is 34.4 Å². The van der Waals surface area contributed by atoms with Crippen molar-refractivity contribution < 1.29 is 4.74 Å². The molecule has 0 spiro atoms. The van der Waals surface area contributed by atoms with Gasteiger partial charge in [0.05, 0.1) is 24.7 Å². The highest BCUT2D eigenvalue weighted by Gasteiger charge is 2.48. The minimum absolute atomic E-state index is 0.0321. The maximum Gasteiger partial charge on any atom is 0.111 e. The Kier molecular flexibility index (Phi) is 18.2. The Bertz CT molecular complexity index is 2040. The van der Waals surface area contributed by atoms with E-state index in [4.69, 9.17) is 22.0 Å². The number of hydrogen-bond donors (Lipinski definition) is 4. The van der Waals surface area contributed by atoms with Gasteiger partial charge in [0, 0.05) is 75.1 Å². The number of rotatable bonds is 22. The summed E-state index contributed by atoms with van der Waals surface area (Å²) >= 11 is 0. The highest BCUT2D eigenvalue weighted by molar-refractivity contribution is 5.85. The van der Waals surface area contributed by atoms with Crippen LogP contribution >= 0.6 is 0 Å². The van der Waals surface area contributed by atoms with E-state index in [0.29, 0.717) is 30.3 Å². The molecule has 1 aromatic carbocycles. The van der Waals surface area contributed by atoms with Crippen LogP contribution in [-0.2, 0) is 11.3 Å². The molecular formula is C56H81N7O. The number of nitrogens with zero attached hydrogens (tertiary/aromatic N) is 3. The van der Waals surface area contributed by atoms with Gasteiger partial charge in [0.15, 0.2) is 0 Å². The summed E-state index contributed by atoms with van der Waals surface area (Å²) in [5.74, 6) is 9.86. The van der Waals surface area contributed by atoms with E-state index in [-0.39, 0.29) is 23.6 Å². The van der Waals surface area contributed by atoms with Crippen LogP contribution in [0.2, 0.25) is 0 Å². The molecule has 0 aromatic heterocycles. The molecule has 2 aliphatic heterocycles. The van der Waals surface area contributed by atoms with Gasteiger partial charge in [0.25, 0.3) is 0 Å². The average molecular weight is 868 g/mol. The van der Waals surface area contributed by atoms with Crippen LogP contribution in [-0.4, -0.2) is 92.3 Å². The molecule has 0 bridgehead atoms. The average Bonchev–Trinajstić information content (AvgIpc) is 3.60. The minimum atomic E-state index is -0.0923. The van der Waals surface area contributed by atoms with Gasteiger partial charge in [0.2, 0.25) is 0 Å². The smallest absolute Gasteiger partial charge is 0.111 e. The van der Waals surface area contributed by atoms with Crippen LogP contribution in [0.3, 0.4) is 0 Å². The molecule has 5 N–H and O–H groups in total. The Morgan fingerprint density at radius 1 is 1.12 bits per heavy atom. The third kappa shape index (κ3) is 13.8. The van der Waals surface area contributed by atoms with Crippen molar-refractivity contribution in [1.82, 2.24) is 25.8 Å². The molecule has 7 unspecified atom stereocenters. The first kappa shape index (κ1) is 49.1. The molecule has 0 amide bonds. The Morgan fingerprint density at radius 2 is 1.95 bits per heavy atom. The maximum atomic E-state index is 6.83. The molecule has 1 saturated carbocycles. The largest absolute Gasteiger partial charge is 0.377 e. The van der Waals surface area contributed by atoms with E-state index in [9.17, 15) is 0 Å². The van der Waals surface area contributed by atoms with E-state index >= 15 is 0 Å². The summed E-state index contributed by atoms with van der Waals surface area (Å²) in [5, 5.41) is 10.8. The van der Waals surface area contributed by atoms with E-state index in [1.54, 1.807) is 0 Å². The van der Waals surface area contributed by atoms with Crippen molar-refractivity contribution >= 4 is 17.5 Å². The maximum absolute atomic E-state index is 6.83. The lowest BCUT2D eigenvalue weighted by Crippen LogP contribution is -2.47. The van der Waals surface area contributed by atoms with Crippen LogP contribution in [0.1, 0.15) is 110 Å². The van der Waals surface area contributed by atoms with E-state index in [1.807, 2.05) is 7.05 Å². The van der Waals surface area contributed by atoms with E-state index < -0.39 is 0 Å². The first-order chi connectivity index (χ1) is 30.9. The van der Waals surface area contributed by atoms with Crippen molar-refractivity contribution in [1.29, 1.82) is 0 Å². The number of hydrogen-bond acceptors (Lipinski definition) is 8. The second-order valence-electron chi connectivity index (χ2n) is 19.5. The molecule has 5 aliphatic rings. The highest BCUT2D eigenvalue weighted by Crippen LogP contribution is 2.45. The van der Waals surface area contributed by atoms with Crippen LogP contribution in [0, 0.1) is 35.5 Å². The van der Waals surface area contributed by atoms with Crippen LogP contribution in [0.25, 0.3) is 11.6 Å². The lowest BCUT2D eigenvalue weighted by atomic mass is 9.91. The topological polar surface area (TPSA) is 90.2 Å². The Hall–Kier alpha value is -4.39. The molecule has 1 saturated heterocycles. The molecule has 8 nitrogen and oxygen atoms in total. The summed E-state index contributed by atoms with van der Waals surface area (Å²) in [7, 11) is 2.01. The van der Waals surface area contributed by atoms with Gasteiger partial charge in [-0.3, -0.25) is 9.89 Å². The number of amidine groups is 1. The quantitative estimate of drug-likeness (QED) is 0.0683. The number of aliphatic imine (C=N–C) groups is 1. The van der Waals surface area contributed by atoms with Crippen LogP contribution in [0.4, 0.5) is 0 Å². The van der Waals surface area contributed by atoms with E-state index in [1.165, 1.54) is 33.4 Å². The minimum Gasteiger partial charge on any atom is -0.377 e. The number of benzene rings is 1. The Balaban J connectivity index is 1.07. The number of unbranched alkanes of at least 4 members (excludes halogenated alkanes) is 1. The zero-order chi connectivity index (χ0) is 45.6. The van der Waals surface area contributed by atoms with Crippen molar-refractivity contribution in [2.75, 3.05) is 52.9 Å². The number of likely N-dealkylation sites (N-methyl/N-ethyl adjacent to an activating group) is 1. The molecule has 6 rings (SSSR count). The molecule has 3 aliphatic carbocycles. The molecular weight excluding hydrogens is 787 g/mol. The number of nitrogens with two attached hydrogens (primary N) is 1. The molecule has 64 heavy (non-hydrogen) atoms. The zero-order valence-corrected chi connectivity index (χ0v) is 40.5. The standard InChI is InChI=1S/C56H81N7O/c1-10-42(4)61-54(50-21-15-18-40(2)34-50)45(7)63(55-43(5)44(55)6)31-14-13-23-52(57)27-26-46-35-47(20-12-11-19-41(46)3)49-24-25-51-37-60-53(59-29-16-22-48(51)36-49)38-62(32-30-58-9)39-56(8)28-17-33-64-56/h15-16,20-22,24-27,34-36,40-41,43-44,52,54-55,58,61H,4,7,10,12-14,17-18,23,28-33,37-39,57H2,1-3,5-6,8-9H3,(H,59,60)/b22-16-,27-26-,46-35-,47-20+. The molecule has 346 valence electrons. The van der Waals surface area contributed by atoms with Gasteiger partial charge < -0.3 is 31.3 Å². The summed E-state index contributed by atoms with van der Waals surface area (Å²) in [4.78, 5) is 10.1. The molecule has 2 heterocycles. The van der Waals surface area contributed by atoms with Gasteiger partial charge in [0.1, 0.15) is 5.84 Å². The van der Waals surface area contributed by atoms with Crippen molar-refractivity contribution in [3.8, 4) is 11.8 Å². The number of fused-ring (bicyclic) bond motifs is 1. The number of nitrogens with one attached hydrogen (secondary N) is 3. The number of allylic oxidation sites excluding steroid dienone is 8. The van der Waals surface area contributed by atoms with Gasteiger partial charge in [-0.2, -0.15) is 0 Å². The SMILES string of the molecule is C=C(CC)NC(C(=C)N(CCCCC(N)\C=C/C1=C/C(c2ccc3c(c2)/C=C\C/N=C(/CN(CCNC)CC2(C)CCCO2)NC3)=C\CC#CC1C)C1C(C)C1C)C1=CC(C)CC=C1. The molecule has 0 radical (unpaired) electrons. The summed E-state index contributed by atoms with van der Waals surface area (Å²) in [6, 6.07) is 7.39. The van der Waals surface area contributed by atoms with E-state index in [2.05, 4.69) is 159 Å². The monoisotopic (exact) mass is 868 g/mol. The lowest BCUT2D eigenvalue weighted by molar-refractivity contribution is -0.00549. The second-order valence-corrected chi connectivity index (χ2v) is 19.5. The van der Waals surface area contributed by atoms with Gasteiger partial charge >= 0.3 is 0 Å². The summed E-state index contributed by atoms with van der Waals surface area (Å²) in [6.45, 7) is 29.5. The Labute approximate surface area is 388 Å². The van der Waals surface area contributed by atoms with E-state index in [0.717, 1.165) is 114 Å². The fraction of sp³-hybridized carbons (Fsp3) is 0.554. The second kappa shape index (κ2) is 23.7. The number of ether oxygens (including phenoxy) is 1. The Morgan fingerprint density at radius 3 is 2.69 bits per heavy atom. The van der Waals surface area contributed by atoms with Crippen molar-refractivity contribution in [3.63, 3.8) is 0 Å². The fourth-order valence-electron chi connectivity index (χ4n) is 9.71. The molecule has 1 aromatic rings. The zero-order valence-electron chi connectivity index (χ0n) is 40.5. The van der Waals surface area contributed by atoms with Gasteiger partial charge in [-0.05, 0) is 123 Å². The highest BCUT2D eigenvalue weighted by atomic mass is 16.5. The first-order valence-corrected chi connectivity index (χ1v) is 24.6.